The molecule has 6 nitrogen and oxygen atoms in total. The summed E-state index contributed by atoms with van der Waals surface area (Å²) in [6.45, 7) is 1.02. The molecule has 4 rings (SSSR count). The summed E-state index contributed by atoms with van der Waals surface area (Å²) >= 11 is 0. The molecule has 1 aliphatic rings. The van der Waals surface area contributed by atoms with E-state index in [9.17, 15) is 17.6 Å². The molecule has 0 bridgehead atoms. The first-order chi connectivity index (χ1) is 15.9. The lowest BCUT2D eigenvalue weighted by molar-refractivity contribution is -0.126. The quantitative estimate of drug-likeness (QED) is 0.560. The van der Waals surface area contributed by atoms with E-state index in [1.807, 2.05) is 12.1 Å². The van der Waals surface area contributed by atoms with Crippen LogP contribution in [0.25, 0.3) is 0 Å². The zero-order valence-electron chi connectivity index (χ0n) is 18.0. The number of hydrogen-bond donors (Lipinski definition) is 1. The number of ether oxygens (including phenoxy) is 1. The lowest BCUT2D eigenvalue weighted by atomic mass is 9.97. The van der Waals surface area contributed by atoms with Gasteiger partial charge in [0.15, 0.2) is 0 Å². The van der Waals surface area contributed by atoms with Crippen molar-refractivity contribution >= 4 is 15.9 Å². The maximum absolute atomic E-state index is 13.0. The number of halogens is 1. The monoisotopic (exact) mass is 468 g/mol. The van der Waals surface area contributed by atoms with E-state index < -0.39 is 10.0 Å². The van der Waals surface area contributed by atoms with E-state index in [0.717, 1.165) is 5.56 Å². The molecule has 0 saturated carbocycles. The average Bonchev–Trinajstić information content (AvgIpc) is 2.85. The molecular formula is C25H25FN2O4S. The van der Waals surface area contributed by atoms with Gasteiger partial charge in [-0.1, -0.05) is 30.3 Å². The van der Waals surface area contributed by atoms with Crippen LogP contribution in [0.15, 0.2) is 83.8 Å². The number of rotatable bonds is 7. The summed E-state index contributed by atoms with van der Waals surface area (Å²) in [6.07, 6.45) is 0.977. The van der Waals surface area contributed by atoms with Gasteiger partial charge in [0.2, 0.25) is 15.9 Å². The number of hydrogen-bond acceptors (Lipinski definition) is 4. The Labute approximate surface area is 193 Å². The third-order valence-electron chi connectivity index (χ3n) is 5.65. The third kappa shape index (κ3) is 5.77. The number of sulfonamides is 1. The molecule has 1 fully saturated rings. The molecule has 0 aromatic heterocycles. The van der Waals surface area contributed by atoms with Crippen LogP contribution in [0, 0.1) is 11.7 Å². The summed E-state index contributed by atoms with van der Waals surface area (Å²) in [4.78, 5) is 12.9. The fourth-order valence-corrected chi connectivity index (χ4v) is 5.24. The lowest BCUT2D eigenvalue weighted by Gasteiger charge is -2.30. The highest BCUT2D eigenvalue weighted by Gasteiger charge is 2.31. The Bertz CT molecular complexity index is 1180. The Hall–Kier alpha value is -3.23. The number of benzene rings is 3. The third-order valence-corrected chi connectivity index (χ3v) is 7.56. The molecule has 0 spiro atoms. The summed E-state index contributed by atoms with van der Waals surface area (Å²) < 4.78 is 45.6. The van der Waals surface area contributed by atoms with Gasteiger partial charge in [0.05, 0.1) is 4.90 Å². The van der Waals surface area contributed by atoms with Gasteiger partial charge in [-0.15, -0.1) is 0 Å². The number of nitrogens with one attached hydrogen (secondary N) is 1. The maximum atomic E-state index is 13.0. The Kier molecular flexibility index (Phi) is 7.05. The molecule has 8 heteroatoms. The Morgan fingerprint density at radius 1 is 0.909 bits per heavy atom. The largest absolute Gasteiger partial charge is 0.457 e. The van der Waals surface area contributed by atoms with Gasteiger partial charge in [0.1, 0.15) is 17.3 Å². The summed E-state index contributed by atoms with van der Waals surface area (Å²) in [7, 11) is -3.52. The molecule has 0 unspecified atom stereocenters. The van der Waals surface area contributed by atoms with Gasteiger partial charge in [-0.3, -0.25) is 4.79 Å². The standard InChI is InChI=1S/C25H25FN2O4S/c26-21-8-12-23(13-9-21)32-22-10-6-19(7-11-22)18-27-25(29)20-14-16-28(17-15-20)33(30,31)24-4-2-1-3-5-24/h1-13,20H,14-18H2,(H,27,29). The minimum atomic E-state index is -3.52. The first kappa shape index (κ1) is 22.9. The van der Waals surface area contributed by atoms with Gasteiger partial charge < -0.3 is 10.1 Å². The molecule has 1 aliphatic heterocycles. The number of piperidine rings is 1. The highest BCUT2D eigenvalue weighted by Crippen LogP contribution is 2.25. The summed E-state index contributed by atoms with van der Waals surface area (Å²) in [6, 6.07) is 21.4. The van der Waals surface area contributed by atoms with Crippen molar-refractivity contribution in [3.8, 4) is 11.5 Å². The number of amides is 1. The lowest BCUT2D eigenvalue weighted by Crippen LogP contribution is -2.42. The van der Waals surface area contributed by atoms with Crippen LogP contribution >= 0.6 is 0 Å². The minimum absolute atomic E-state index is 0.0709. The first-order valence-corrected chi connectivity index (χ1v) is 12.2. The van der Waals surface area contributed by atoms with Crippen molar-refractivity contribution in [3.05, 3.63) is 90.2 Å². The summed E-state index contributed by atoms with van der Waals surface area (Å²) in [5, 5.41) is 2.94. The molecule has 172 valence electrons. The van der Waals surface area contributed by atoms with Gasteiger partial charge in [-0.05, 0) is 66.9 Å². The summed E-state index contributed by atoms with van der Waals surface area (Å²) in [5.41, 5.74) is 0.916. The topological polar surface area (TPSA) is 75.7 Å². The molecule has 0 radical (unpaired) electrons. The van der Waals surface area contributed by atoms with Crippen molar-refractivity contribution in [2.24, 2.45) is 5.92 Å². The Morgan fingerprint density at radius 2 is 1.48 bits per heavy atom. The number of carbonyl (C=O) groups is 1. The van der Waals surface area contributed by atoms with Crippen LogP contribution in [-0.2, 0) is 21.4 Å². The van der Waals surface area contributed by atoms with Gasteiger partial charge in [-0.25, -0.2) is 12.8 Å². The molecule has 3 aromatic carbocycles. The zero-order valence-corrected chi connectivity index (χ0v) is 18.8. The van der Waals surface area contributed by atoms with E-state index >= 15 is 0 Å². The molecule has 1 N–H and O–H groups in total. The van der Waals surface area contributed by atoms with Crippen molar-refractivity contribution in [2.75, 3.05) is 13.1 Å². The molecule has 3 aromatic rings. The van der Waals surface area contributed by atoms with Crippen molar-refractivity contribution in [1.29, 1.82) is 0 Å². The zero-order chi connectivity index (χ0) is 23.3. The average molecular weight is 469 g/mol. The number of nitrogens with zero attached hydrogens (tertiary/aromatic N) is 1. The second kappa shape index (κ2) is 10.1. The molecule has 1 amide bonds. The van der Waals surface area contributed by atoms with Crippen molar-refractivity contribution in [2.45, 2.75) is 24.3 Å². The Balaban J connectivity index is 1.25. The van der Waals surface area contributed by atoms with E-state index in [4.69, 9.17) is 4.74 Å². The van der Waals surface area contributed by atoms with Crippen LogP contribution in [0.3, 0.4) is 0 Å². The first-order valence-electron chi connectivity index (χ1n) is 10.8. The molecule has 0 atom stereocenters. The molecule has 1 saturated heterocycles. The highest BCUT2D eigenvalue weighted by atomic mass is 32.2. The van der Waals surface area contributed by atoms with Gasteiger partial charge in [0.25, 0.3) is 0 Å². The SMILES string of the molecule is O=C(NCc1ccc(Oc2ccc(F)cc2)cc1)C1CCN(S(=O)(=O)c2ccccc2)CC1. The fraction of sp³-hybridized carbons (Fsp3) is 0.240. The van der Waals surface area contributed by atoms with Crippen molar-refractivity contribution < 1.29 is 22.3 Å². The van der Waals surface area contributed by atoms with Gasteiger partial charge >= 0.3 is 0 Å². The minimum Gasteiger partial charge on any atom is -0.457 e. The van der Waals surface area contributed by atoms with E-state index in [1.54, 1.807) is 54.6 Å². The van der Waals surface area contributed by atoms with Crippen LogP contribution in [0.1, 0.15) is 18.4 Å². The number of carbonyl (C=O) groups excluding carboxylic acids is 1. The molecule has 33 heavy (non-hydrogen) atoms. The smallest absolute Gasteiger partial charge is 0.243 e. The molecule has 0 aliphatic carbocycles. The van der Waals surface area contributed by atoms with Crippen LogP contribution in [0.2, 0.25) is 0 Å². The van der Waals surface area contributed by atoms with E-state index in [0.29, 0.717) is 44.0 Å². The van der Waals surface area contributed by atoms with E-state index in [1.165, 1.54) is 16.4 Å². The summed E-state index contributed by atoms with van der Waals surface area (Å²) in [5.74, 6) is 0.547. The van der Waals surface area contributed by atoms with Crippen LogP contribution < -0.4 is 10.1 Å². The van der Waals surface area contributed by atoms with E-state index in [-0.39, 0.29) is 22.5 Å². The second-order valence-corrected chi connectivity index (χ2v) is 9.85. The molecular weight excluding hydrogens is 443 g/mol. The Morgan fingerprint density at radius 3 is 2.09 bits per heavy atom. The van der Waals surface area contributed by atoms with Crippen molar-refractivity contribution in [3.63, 3.8) is 0 Å². The predicted molar refractivity (Wildman–Crippen MR) is 123 cm³/mol. The van der Waals surface area contributed by atoms with E-state index in [2.05, 4.69) is 5.32 Å². The fourth-order valence-electron chi connectivity index (χ4n) is 3.75. The molecule has 1 heterocycles. The van der Waals surface area contributed by atoms with Crippen LogP contribution in [0.4, 0.5) is 4.39 Å². The normalized spacial score (nSPS) is 15.2. The second-order valence-electron chi connectivity index (χ2n) is 7.91. The van der Waals surface area contributed by atoms with Crippen LogP contribution in [0.5, 0.6) is 11.5 Å². The van der Waals surface area contributed by atoms with Gasteiger partial charge in [-0.2, -0.15) is 4.31 Å². The van der Waals surface area contributed by atoms with Gasteiger partial charge in [0, 0.05) is 25.6 Å². The highest BCUT2D eigenvalue weighted by molar-refractivity contribution is 7.89. The van der Waals surface area contributed by atoms with Crippen molar-refractivity contribution in [1.82, 2.24) is 9.62 Å². The predicted octanol–water partition coefficient (Wildman–Crippen LogP) is 4.34. The van der Waals surface area contributed by atoms with Crippen LogP contribution in [-0.4, -0.2) is 31.7 Å². The maximum Gasteiger partial charge on any atom is 0.243 e.